The highest BCUT2D eigenvalue weighted by molar-refractivity contribution is 5.76. The number of nitrogens with zero attached hydrogens (tertiary/aromatic N) is 4. The van der Waals surface area contributed by atoms with E-state index >= 15 is 0 Å². The van der Waals surface area contributed by atoms with E-state index < -0.39 is 11.9 Å². The smallest absolute Gasteiger partial charge is 0.392 e. The van der Waals surface area contributed by atoms with Crippen LogP contribution in [0.2, 0.25) is 0 Å². The molecule has 0 aliphatic carbocycles. The number of alkyl halides is 3. The van der Waals surface area contributed by atoms with Crippen molar-refractivity contribution in [2.24, 2.45) is 0 Å². The molecule has 1 fully saturated rings. The first-order valence-corrected chi connectivity index (χ1v) is 7.58. The zero-order valence-corrected chi connectivity index (χ0v) is 13.0. The molecule has 1 amide bonds. The molecule has 130 valence electrons. The Balaban J connectivity index is 1.82. The van der Waals surface area contributed by atoms with E-state index in [9.17, 15) is 23.1 Å². The Morgan fingerprint density at radius 1 is 1.35 bits per heavy atom. The Morgan fingerprint density at radius 2 is 2.00 bits per heavy atom. The van der Waals surface area contributed by atoms with Gasteiger partial charge in [0.05, 0.1) is 6.10 Å². The maximum atomic E-state index is 12.5. The van der Waals surface area contributed by atoms with Gasteiger partial charge in [-0.3, -0.25) is 14.4 Å². The van der Waals surface area contributed by atoms with Crippen LogP contribution in [-0.2, 0) is 17.5 Å². The van der Waals surface area contributed by atoms with Crippen molar-refractivity contribution in [1.29, 1.82) is 0 Å². The Hall–Kier alpha value is -1.61. The van der Waals surface area contributed by atoms with Gasteiger partial charge in [-0.25, -0.2) is 0 Å². The standard InChI is InChI=1S/C14H21F3N4O2/c1-2-11(22)9-19-5-7-20(8-6-19)13(23)10-21-4-3-12(18-21)14(15,16)17/h3-4,11,22H,2,5-10H2,1H3/t11-/m0/s1. The van der Waals surface area contributed by atoms with Crippen LogP contribution in [-0.4, -0.2) is 69.4 Å². The molecule has 0 radical (unpaired) electrons. The highest BCUT2D eigenvalue weighted by Gasteiger charge is 2.33. The predicted octanol–water partition coefficient (Wildman–Crippen LogP) is 0.817. The van der Waals surface area contributed by atoms with Gasteiger partial charge in [0, 0.05) is 38.9 Å². The SMILES string of the molecule is CC[C@H](O)CN1CCN(C(=O)Cn2ccc(C(F)(F)F)n2)CC1. The summed E-state index contributed by atoms with van der Waals surface area (Å²) in [5.74, 6) is -0.252. The molecule has 0 aromatic carbocycles. The maximum absolute atomic E-state index is 12.5. The molecule has 1 saturated heterocycles. The van der Waals surface area contributed by atoms with E-state index in [0.29, 0.717) is 39.1 Å². The van der Waals surface area contributed by atoms with Crippen molar-refractivity contribution in [1.82, 2.24) is 19.6 Å². The zero-order chi connectivity index (χ0) is 17.0. The summed E-state index contributed by atoms with van der Waals surface area (Å²) >= 11 is 0. The van der Waals surface area contributed by atoms with E-state index in [1.807, 2.05) is 6.92 Å². The summed E-state index contributed by atoms with van der Waals surface area (Å²) in [5, 5.41) is 13.0. The molecular weight excluding hydrogens is 313 g/mol. The maximum Gasteiger partial charge on any atom is 0.435 e. The van der Waals surface area contributed by atoms with Gasteiger partial charge in [-0.15, -0.1) is 0 Å². The van der Waals surface area contributed by atoms with Crippen LogP contribution < -0.4 is 0 Å². The lowest BCUT2D eigenvalue weighted by atomic mass is 10.2. The minimum atomic E-state index is -4.50. The first kappa shape index (κ1) is 17.7. The van der Waals surface area contributed by atoms with Gasteiger partial charge in [-0.2, -0.15) is 18.3 Å². The Labute approximate surface area is 132 Å². The number of hydrogen-bond donors (Lipinski definition) is 1. The van der Waals surface area contributed by atoms with Gasteiger partial charge in [0.1, 0.15) is 6.54 Å². The van der Waals surface area contributed by atoms with Crippen LogP contribution >= 0.6 is 0 Å². The van der Waals surface area contributed by atoms with Crippen molar-refractivity contribution < 1.29 is 23.1 Å². The lowest BCUT2D eigenvalue weighted by Gasteiger charge is -2.35. The van der Waals surface area contributed by atoms with Gasteiger partial charge in [-0.1, -0.05) is 6.92 Å². The number of amides is 1. The van der Waals surface area contributed by atoms with Crippen molar-refractivity contribution in [3.05, 3.63) is 18.0 Å². The van der Waals surface area contributed by atoms with Gasteiger partial charge < -0.3 is 10.0 Å². The van der Waals surface area contributed by atoms with Gasteiger partial charge in [-0.05, 0) is 12.5 Å². The van der Waals surface area contributed by atoms with Crippen LogP contribution in [0.25, 0.3) is 0 Å². The van der Waals surface area contributed by atoms with Crippen LogP contribution in [0.5, 0.6) is 0 Å². The Bertz CT molecular complexity index is 524. The number of rotatable bonds is 5. The Kier molecular flexibility index (Phi) is 5.64. The molecule has 1 aromatic heterocycles. The number of hydrogen-bond acceptors (Lipinski definition) is 4. The van der Waals surface area contributed by atoms with Gasteiger partial charge in [0.25, 0.3) is 0 Å². The van der Waals surface area contributed by atoms with Crippen molar-refractivity contribution in [2.75, 3.05) is 32.7 Å². The summed E-state index contributed by atoms with van der Waals surface area (Å²) in [6, 6.07) is 0.858. The van der Waals surface area contributed by atoms with Crippen LogP contribution in [0, 0.1) is 0 Å². The fourth-order valence-electron chi connectivity index (χ4n) is 2.45. The third-order valence-corrected chi connectivity index (χ3v) is 3.89. The number of aliphatic hydroxyl groups is 1. The lowest BCUT2D eigenvalue weighted by molar-refractivity contribution is -0.142. The summed E-state index contributed by atoms with van der Waals surface area (Å²) in [6.07, 6.45) is -3.03. The summed E-state index contributed by atoms with van der Waals surface area (Å²) in [4.78, 5) is 15.8. The second-order valence-electron chi connectivity index (χ2n) is 5.64. The zero-order valence-electron chi connectivity index (χ0n) is 13.0. The molecule has 1 N–H and O–H groups in total. The van der Waals surface area contributed by atoms with E-state index in [1.165, 1.54) is 0 Å². The second kappa shape index (κ2) is 7.31. The minimum absolute atomic E-state index is 0.201. The number of piperazine rings is 1. The molecule has 1 aliphatic heterocycles. The van der Waals surface area contributed by atoms with Crippen LogP contribution in [0.1, 0.15) is 19.0 Å². The number of carbonyl (C=O) groups is 1. The molecule has 2 heterocycles. The molecule has 0 bridgehead atoms. The molecule has 2 rings (SSSR count). The number of carbonyl (C=O) groups excluding carboxylic acids is 1. The average molecular weight is 334 g/mol. The molecule has 1 aliphatic rings. The fourth-order valence-corrected chi connectivity index (χ4v) is 2.45. The summed E-state index contributed by atoms with van der Waals surface area (Å²) in [7, 11) is 0. The molecule has 6 nitrogen and oxygen atoms in total. The van der Waals surface area contributed by atoms with Gasteiger partial charge in [0.2, 0.25) is 5.91 Å². The highest BCUT2D eigenvalue weighted by atomic mass is 19.4. The first-order chi connectivity index (χ1) is 10.8. The average Bonchev–Trinajstić information content (AvgIpc) is 2.96. The topological polar surface area (TPSA) is 61.6 Å². The second-order valence-corrected chi connectivity index (χ2v) is 5.64. The van der Waals surface area contributed by atoms with E-state index in [2.05, 4.69) is 10.00 Å². The van der Waals surface area contributed by atoms with Crippen LogP contribution in [0.15, 0.2) is 12.3 Å². The molecule has 0 spiro atoms. The summed E-state index contributed by atoms with van der Waals surface area (Å²) in [6.45, 7) is 4.58. The number of β-amino-alcohol motifs (C(OH)–C–C–N with tert-alkyl or cyclic N) is 1. The quantitative estimate of drug-likeness (QED) is 0.866. The predicted molar refractivity (Wildman–Crippen MR) is 76.5 cm³/mol. The molecule has 23 heavy (non-hydrogen) atoms. The molecule has 9 heteroatoms. The van der Waals surface area contributed by atoms with Gasteiger partial charge in [0.15, 0.2) is 5.69 Å². The number of halogens is 3. The molecule has 0 unspecified atom stereocenters. The van der Waals surface area contributed by atoms with E-state index in [1.54, 1.807) is 4.90 Å². The first-order valence-electron chi connectivity index (χ1n) is 7.58. The van der Waals surface area contributed by atoms with Crippen molar-refractivity contribution in [2.45, 2.75) is 32.2 Å². The largest absolute Gasteiger partial charge is 0.435 e. The van der Waals surface area contributed by atoms with E-state index in [-0.39, 0.29) is 18.6 Å². The fraction of sp³-hybridized carbons (Fsp3) is 0.714. The van der Waals surface area contributed by atoms with Crippen molar-refractivity contribution >= 4 is 5.91 Å². The van der Waals surface area contributed by atoms with Crippen molar-refractivity contribution in [3.8, 4) is 0 Å². The number of aliphatic hydroxyl groups excluding tert-OH is 1. The van der Waals surface area contributed by atoms with Crippen LogP contribution in [0.3, 0.4) is 0 Å². The van der Waals surface area contributed by atoms with Gasteiger partial charge >= 0.3 is 6.18 Å². The minimum Gasteiger partial charge on any atom is -0.392 e. The Morgan fingerprint density at radius 3 is 2.52 bits per heavy atom. The highest BCUT2D eigenvalue weighted by Crippen LogP contribution is 2.27. The monoisotopic (exact) mass is 334 g/mol. The third-order valence-electron chi connectivity index (χ3n) is 3.89. The molecule has 0 saturated carbocycles. The number of aromatic nitrogens is 2. The molecule has 1 atom stereocenters. The molecule has 1 aromatic rings. The van der Waals surface area contributed by atoms with E-state index in [4.69, 9.17) is 0 Å². The molecular formula is C14H21F3N4O2. The summed E-state index contributed by atoms with van der Waals surface area (Å²) < 4.78 is 38.4. The lowest BCUT2D eigenvalue weighted by Crippen LogP contribution is -2.51. The van der Waals surface area contributed by atoms with Crippen LogP contribution in [0.4, 0.5) is 13.2 Å². The third kappa shape index (κ3) is 4.93. The normalized spacial score (nSPS) is 18.2. The van der Waals surface area contributed by atoms with E-state index in [0.717, 1.165) is 16.9 Å². The summed E-state index contributed by atoms with van der Waals surface area (Å²) in [5.41, 5.74) is -0.997. The van der Waals surface area contributed by atoms with Crippen molar-refractivity contribution in [3.63, 3.8) is 0 Å².